The zero-order valence-electron chi connectivity index (χ0n) is 7.06. The Balaban J connectivity index is 2.75. The fourth-order valence-corrected chi connectivity index (χ4v) is 0.850. The van der Waals surface area contributed by atoms with E-state index in [2.05, 4.69) is 10.3 Å². The van der Waals surface area contributed by atoms with Gasteiger partial charge in [-0.1, -0.05) is 0 Å². The van der Waals surface area contributed by atoms with E-state index in [-0.39, 0.29) is 0 Å². The number of aliphatic hydroxyl groups excluding tert-OH is 1. The average Bonchev–Trinajstić information content (AvgIpc) is 2.04. The molecule has 1 atom stereocenters. The van der Waals surface area contributed by atoms with Crippen LogP contribution in [-0.4, -0.2) is 21.3 Å². The molecule has 0 bridgehead atoms. The Hall–Kier alpha value is -1.62. The fraction of sp³-hybridized carbons (Fsp3) is 0.250. The first-order chi connectivity index (χ1) is 6.09. The molecule has 0 radical (unpaired) electrons. The first-order valence-electron chi connectivity index (χ1n) is 3.73. The van der Waals surface area contributed by atoms with Gasteiger partial charge in [-0.05, 0) is 19.1 Å². The quantitative estimate of drug-likeness (QED) is 0.642. The van der Waals surface area contributed by atoms with Gasteiger partial charge in [-0.25, -0.2) is 4.79 Å². The van der Waals surface area contributed by atoms with Crippen LogP contribution >= 0.6 is 0 Å². The minimum absolute atomic E-state index is 0.386. The summed E-state index contributed by atoms with van der Waals surface area (Å²) in [5, 5.41) is 19.6. The molecule has 1 amide bonds. The first kappa shape index (κ1) is 9.47. The molecule has 0 aliphatic carbocycles. The van der Waals surface area contributed by atoms with Crippen LogP contribution in [-0.2, 0) is 0 Å². The lowest BCUT2D eigenvalue weighted by atomic mass is 10.2. The predicted molar refractivity (Wildman–Crippen MR) is 46.5 cm³/mol. The molecule has 0 spiro atoms. The maximum Gasteiger partial charge on any atom is 0.409 e. The van der Waals surface area contributed by atoms with E-state index in [1.807, 2.05) is 0 Å². The summed E-state index contributed by atoms with van der Waals surface area (Å²) in [5.74, 6) is 0. The molecule has 5 heteroatoms. The molecule has 1 aromatic heterocycles. The molecule has 1 unspecified atom stereocenters. The Morgan fingerprint density at radius 2 is 2.31 bits per heavy atom. The minimum atomic E-state index is -1.13. The SMILES string of the molecule is CC(O)c1ccc(NC(=O)O)cn1. The summed E-state index contributed by atoms with van der Waals surface area (Å²) in [5.41, 5.74) is 0.896. The van der Waals surface area contributed by atoms with Crippen molar-refractivity contribution in [1.82, 2.24) is 4.98 Å². The van der Waals surface area contributed by atoms with E-state index >= 15 is 0 Å². The van der Waals surface area contributed by atoms with E-state index < -0.39 is 12.2 Å². The predicted octanol–water partition coefficient (Wildman–Crippen LogP) is 1.22. The molecular weight excluding hydrogens is 172 g/mol. The minimum Gasteiger partial charge on any atom is -0.465 e. The van der Waals surface area contributed by atoms with Crippen LogP contribution in [0.4, 0.5) is 10.5 Å². The Morgan fingerprint density at radius 1 is 1.62 bits per heavy atom. The van der Waals surface area contributed by atoms with Crippen LogP contribution in [0.2, 0.25) is 0 Å². The van der Waals surface area contributed by atoms with Gasteiger partial charge in [0.1, 0.15) is 0 Å². The summed E-state index contributed by atoms with van der Waals surface area (Å²) >= 11 is 0. The van der Waals surface area contributed by atoms with E-state index in [1.165, 1.54) is 6.20 Å². The number of nitrogens with zero attached hydrogens (tertiary/aromatic N) is 1. The number of hydrogen-bond acceptors (Lipinski definition) is 3. The zero-order chi connectivity index (χ0) is 9.84. The van der Waals surface area contributed by atoms with Gasteiger partial charge >= 0.3 is 6.09 Å². The number of aliphatic hydroxyl groups is 1. The summed E-state index contributed by atoms with van der Waals surface area (Å²) in [4.78, 5) is 14.1. The molecule has 1 heterocycles. The third kappa shape index (κ3) is 2.72. The maximum absolute atomic E-state index is 10.2. The van der Waals surface area contributed by atoms with Crippen molar-refractivity contribution in [3.8, 4) is 0 Å². The molecule has 1 rings (SSSR count). The number of nitrogens with one attached hydrogen (secondary N) is 1. The van der Waals surface area contributed by atoms with Crippen LogP contribution in [0.3, 0.4) is 0 Å². The smallest absolute Gasteiger partial charge is 0.409 e. The number of carboxylic acid groups (broad SMARTS) is 1. The lowest BCUT2D eigenvalue weighted by Crippen LogP contribution is -2.07. The van der Waals surface area contributed by atoms with Gasteiger partial charge in [0.15, 0.2) is 0 Å². The highest BCUT2D eigenvalue weighted by atomic mass is 16.4. The van der Waals surface area contributed by atoms with Crippen molar-refractivity contribution in [2.45, 2.75) is 13.0 Å². The van der Waals surface area contributed by atoms with Crippen molar-refractivity contribution in [1.29, 1.82) is 0 Å². The lowest BCUT2D eigenvalue weighted by molar-refractivity contribution is 0.194. The summed E-state index contributed by atoms with van der Waals surface area (Å²) in [6, 6.07) is 3.11. The fourth-order valence-electron chi connectivity index (χ4n) is 0.850. The molecule has 5 nitrogen and oxygen atoms in total. The van der Waals surface area contributed by atoms with Crippen LogP contribution in [0, 0.1) is 0 Å². The third-order valence-corrected chi connectivity index (χ3v) is 1.47. The van der Waals surface area contributed by atoms with Gasteiger partial charge in [0.25, 0.3) is 0 Å². The normalized spacial score (nSPS) is 12.2. The van der Waals surface area contributed by atoms with Crippen LogP contribution in [0.15, 0.2) is 18.3 Å². The van der Waals surface area contributed by atoms with E-state index in [9.17, 15) is 4.79 Å². The Labute approximate surface area is 75.0 Å². The zero-order valence-corrected chi connectivity index (χ0v) is 7.06. The van der Waals surface area contributed by atoms with Gasteiger partial charge in [0, 0.05) is 0 Å². The highest BCUT2D eigenvalue weighted by molar-refractivity contribution is 5.82. The Kier molecular flexibility index (Phi) is 2.81. The number of rotatable bonds is 2. The monoisotopic (exact) mass is 182 g/mol. The molecule has 0 fully saturated rings. The number of hydrogen-bond donors (Lipinski definition) is 3. The van der Waals surface area contributed by atoms with Crippen molar-refractivity contribution in [2.24, 2.45) is 0 Å². The second-order valence-electron chi connectivity index (χ2n) is 2.58. The largest absolute Gasteiger partial charge is 0.465 e. The summed E-state index contributed by atoms with van der Waals surface area (Å²) in [6.45, 7) is 1.59. The van der Waals surface area contributed by atoms with Gasteiger partial charge in [0.2, 0.25) is 0 Å². The van der Waals surface area contributed by atoms with Crippen molar-refractivity contribution in [3.63, 3.8) is 0 Å². The molecule has 3 N–H and O–H groups in total. The van der Waals surface area contributed by atoms with Crippen LogP contribution in [0.25, 0.3) is 0 Å². The van der Waals surface area contributed by atoms with Crippen molar-refractivity contribution in [2.75, 3.05) is 5.32 Å². The highest BCUT2D eigenvalue weighted by Gasteiger charge is 2.02. The first-order valence-corrected chi connectivity index (χ1v) is 3.73. The topological polar surface area (TPSA) is 82.5 Å². The molecule has 0 saturated carbocycles. The molecule has 0 aromatic carbocycles. The molecule has 13 heavy (non-hydrogen) atoms. The molecule has 0 aliphatic rings. The van der Waals surface area contributed by atoms with Gasteiger partial charge in [-0.3, -0.25) is 10.3 Å². The summed E-state index contributed by atoms with van der Waals surface area (Å²) in [7, 11) is 0. The molecule has 0 saturated heterocycles. The third-order valence-electron chi connectivity index (χ3n) is 1.47. The van der Waals surface area contributed by atoms with Gasteiger partial charge in [0.05, 0.1) is 23.7 Å². The lowest BCUT2D eigenvalue weighted by Gasteiger charge is -2.04. The number of carbonyl (C=O) groups is 1. The second kappa shape index (κ2) is 3.86. The summed E-state index contributed by atoms with van der Waals surface area (Å²) < 4.78 is 0. The molecule has 0 aliphatic heterocycles. The van der Waals surface area contributed by atoms with E-state index in [4.69, 9.17) is 10.2 Å². The van der Waals surface area contributed by atoms with Crippen LogP contribution in [0.1, 0.15) is 18.7 Å². The van der Waals surface area contributed by atoms with E-state index in [0.717, 1.165) is 0 Å². The number of anilines is 1. The van der Waals surface area contributed by atoms with Crippen LogP contribution < -0.4 is 5.32 Å². The molecular formula is C8H10N2O3. The Bertz CT molecular complexity index is 295. The van der Waals surface area contributed by atoms with Crippen molar-refractivity contribution < 1.29 is 15.0 Å². The molecule has 1 aromatic rings. The Morgan fingerprint density at radius 3 is 2.69 bits per heavy atom. The number of aromatic nitrogens is 1. The van der Waals surface area contributed by atoms with E-state index in [0.29, 0.717) is 11.4 Å². The van der Waals surface area contributed by atoms with Crippen molar-refractivity contribution in [3.05, 3.63) is 24.0 Å². The van der Waals surface area contributed by atoms with Gasteiger partial charge in [-0.15, -0.1) is 0 Å². The van der Waals surface area contributed by atoms with Gasteiger partial charge < -0.3 is 10.2 Å². The van der Waals surface area contributed by atoms with Crippen molar-refractivity contribution >= 4 is 11.8 Å². The summed E-state index contributed by atoms with van der Waals surface area (Å²) in [6.07, 6.45) is -0.415. The number of amides is 1. The van der Waals surface area contributed by atoms with Gasteiger partial charge in [-0.2, -0.15) is 0 Å². The average molecular weight is 182 g/mol. The highest BCUT2D eigenvalue weighted by Crippen LogP contribution is 2.11. The second-order valence-corrected chi connectivity index (χ2v) is 2.58. The standard InChI is InChI=1S/C8H10N2O3/c1-5(11)7-3-2-6(4-9-7)10-8(12)13/h2-5,10-11H,1H3,(H,12,13). The maximum atomic E-state index is 10.2. The van der Waals surface area contributed by atoms with Crippen LogP contribution in [0.5, 0.6) is 0 Å². The molecule has 70 valence electrons. The van der Waals surface area contributed by atoms with E-state index in [1.54, 1.807) is 19.1 Å². The number of pyridine rings is 1.